The molecule has 1 heterocycles. The van der Waals surface area contributed by atoms with E-state index in [-0.39, 0.29) is 28.7 Å². The van der Waals surface area contributed by atoms with Crippen LogP contribution < -0.4 is 5.32 Å². The fourth-order valence-electron chi connectivity index (χ4n) is 2.28. The van der Waals surface area contributed by atoms with Crippen molar-refractivity contribution in [2.24, 2.45) is 0 Å². The van der Waals surface area contributed by atoms with Gasteiger partial charge in [0.15, 0.2) is 0 Å². The molecule has 1 fully saturated rings. The monoisotopic (exact) mass is 297 g/mol. The maximum absolute atomic E-state index is 11.8. The van der Waals surface area contributed by atoms with Crippen LogP contribution in [0.5, 0.6) is 0 Å². The van der Waals surface area contributed by atoms with E-state index in [4.69, 9.17) is 11.6 Å². The van der Waals surface area contributed by atoms with Gasteiger partial charge in [-0.2, -0.15) is 0 Å². The molecule has 2 rings (SSSR count). The zero-order valence-electron chi connectivity index (χ0n) is 11.3. The van der Waals surface area contributed by atoms with Crippen LogP contribution in [0.2, 0.25) is 5.02 Å². The molecule has 1 saturated heterocycles. The first-order valence-electron chi connectivity index (χ1n) is 6.38. The number of anilines is 1. The predicted octanol–water partition coefficient (Wildman–Crippen LogP) is 2.67. The number of rotatable bonds is 4. The fourth-order valence-corrected chi connectivity index (χ4v) is 2.51. The molecule has 108 valence electrons. The average molecular weight is 298 g/mol. The Morgan fingerprint density at radius 1 is 1.50 bits per heavy atom. The molecule has 0 aliphatic carbocycles. The van der Waals surface area contributed by atoms with Crippen LogP contribution in [-0.2, 0) is 4.79 Å². The second-order valence-electron chi connectivity index (χ2n) is 5.11. The molecule has 1 aliphatic rings. The van der Waals surface area contributed by atoms with E-state index >= 15 is 0 Å². The number of nitrogens with zero attached hydrogens (tertiary/aromatic N) is 2. The second-order valence-corrected chi connectivity index (χ2v) is 5.51. The molecule has 1 aliphatic heterocycles. The standard InChI is InChI=1S/C13H16ClN3O3/c1-8(2)16-7-9(5-13(16)18)15-12-4-3-10(17(19)20)6-11(12)14/h3-4,6,8-9,15H,5,7H2,1-2H3/t9-/m0/s1. The lowest BCUT2D eigenvalue weighted by Crippen LogP contribution is -2.33. The van der Waals surface area contributed by atoms with Crippen LogP contribution in [0.4, 0.5) is 11.4 Å². The van der Waals surface area contributed by atoms with Gasteiger partial charge in [-0.3, -0.25) is 14.9 Å². The van der Waals surface area contributed by atoms with Gasteiger partial charge in [-0.05, 0) is 19.9 Å². The van der Waals surface area contributed by atoms with Crippen molar-refractivity contribution in [3.8, 4) is 0 Å². The lowest BCUT2D eigenvalue weighted by molar-refractivity contribution is -0.384. The first kappa shape index (κ1) is 14.6. The van der Waals surface area contributed by atoms with Gasteiger partial charge in [0.1, 0.15) is 0 Å². The van der Waals surface area contributed by atoms with Crippen molar-refractivity contribution in [1.82, 2.24) is 4.90 Å². The summed E-state index contributed by atoms with van der Waals surface area (Å²) in [4.78, 5) is 23.8. The van der Waals surface area contributed by atoms with E-state index in [0.29, 0.717) is 18.7 Å². The number of non-ortho nitro benzene ring substituents is 1. The molecular weight excluding hydrogens is 282 g/mol. The number of nitro benzene ring substituents is 1. The van der Waals surface area contributed by atoms with Crippen molar-refractivity contribution in [2.75, 3.05) is 11.9 Å². The molecule has 1 aromatic carbocycles. The van der Waals surface area contributed by atoms with E-state index < -0.39 is 4.92 Å². The minimum atomic E-state index is -0.491. The number of hydrogen-bond acceptors (Lipinski definition) is 4. The first-order valence-corrected chi connectivity index (χ1v) is 6.76. The summed E-state index contributed by atoms with van der Waals surface area (Å²) in [5, 5.41) is 14.1. The van der Waals surface area contributed by atoms with Crippen LogP contribution in [0.25, 0.3) is 0 Å². The third-order valence-corrected chi connectivity index (χ3v) is 3.62. The van der Waals surface area contributed by atoms with Crippen molar-refractivity contribution in [3.63, 3.8) is 0 Å². The van der Waals surface area contributed by atoms with Crippen molar-refractivity contribution in [3.05, 3.63) is 33.3 Å². The average Bonchev–Trinajstić information content (AvgIpc) is 2.73. The minimum absolute atomic E-state index is 0.0242. The van der Waals surface area contributed by atoms with Gasteiger partial charge in [-0.1, -0.05) is 11.6 Å². The predicted molar refractivity (Wildman–Crippen MR) is 77.0 cm³/mol. The van der Waals surface area contributed by atoms with Crippen LogP contribution >= 0.6 is 11.6 Å². The highest BCUT2D eigenvalue weighted by Crippen LogP contribution is 2.28. The molecule has 0 spiro atoms. The van der Waals surface area contributed by atoms with Crippen LogP contribution in [0.3, 0.4) is 0 Å². The minimum Gasteiger partial charge on any atom is -0.379 e. The summed E-state index contributed by atoms with van der Waals surface area (Å²) in [6.07, 6.45) is 0.408. The summed E-state index contributed by atoms with van der Waals surface area (Å²) in [5.74, 6) is 0.107. The highest BCUT2D eigenvalue weighted by molar-refractivity contribution is 6.33. The number of hydrogen-bond donors (Lipinski definition) is 1. The van der Waals surface area contributed by atoms with Gasteiger partial charge in [0.2, 0.25) is 5.91 Å². The van der Waals surface area contributed by atoms with E-state index in [1.54, 1.807) is 11.0 Å². The van der Waals surface area contributed by atoms with Crippen molar-refractivity contribution < 1.29 is 9.72 Å². The lowest BCUT2D eigenvalue weighted by atomic mass is 10.2. The number of carbonyl (C=O) groups excluding carboxylic acids is 1. The van der Waals surface area contributed by atoms with Crippen LogP contribution in [0.1, 0.15) is 20.3 Å². The molecule has 1 amide bonds. The van der Waals surface area contributed by atoms with E-state index in [1.807, 2.05) is 13.8 Å². The van der Waals surface area contributed by atoms with Crippen molar-refractivity contribution in [1.29, 1.82) is 0 Å². The smallest absolute Gasteiger partial charge is 0.271 e. The largest absolute Gasteiger partial charge is 0.379 e. The Labute approximate surface area is 121 Å². The molecular formula is C13H16ClN3O3. The Bertz CT molecular complexity index is 548. The Balaban J connectivity index is 2.08. The van der Waals surface area contributed by atoms with Gasteiger partial charge in [0.05, 0.1) is 21.7 Å². The fraction of sp³-hybridized carbons (Fsp3) is 0.462. The van der Waals surface area contributed by atoms with Crippen molar-refractivity contribution >= 4 is 28.9 Å². The third kappa shape index (κ3) is 3.01. The van der Waals surface area contributed by atoms with Gasteiger partial charge in [0, 0.05) is 31.1 Å². The Morgan fingerprint density at radius 2 is 2.20 bits per heavy atom. The molecule has 0 aromatic heterocycles. The number of carbonyl (C=O) groups is 1. The second kappa shape index (κ2) is 5.66. The van der Waals surface area contributed by atoms with Crippen LogP contribution in [0.15, 0.2) is 18.2 Å². The van der Waals surface area contributed by atoms with Gasteiger partial charge in [0.25, 0.3) is 5.69 Å². The van der Waals surface area contributed by atoms with E-state index in [1.165, 1.54) is 12.1 Å². The molecule has 0 saturated carbocycles. The first-order chi connectivity index (χ1) is 9.38. The molecule has 7 heteroatoms. The number of nitrogens with one attached hydrogen (secondary N) is 1. The number of amides is 1. The van der Waals surface area contributed by atoms with E-state index in [2.05, 4.69) is 5.32 Å². The Kier molecular flexibility index (Phi) is 4.13. The zero-order valence-corrected chi connectivity index (χ0v) is 12.1. The van der Waals surface area contributed by atoms with Gasteiger partial charge < -0.3 is 10.2 Å². The number of likely N-dealkylation sites (tertiary alicyclic amines) is 1. The summed E-state index contributed by atoms with van der Waals surface area (Å²) in [6, 6.07) is 4.42. The lowest BCUT2D eigenvalue weighted by Gasteiger charge is -2.21. The Hall–Kier alpha value is -1.82. The molecule has 1 aromatic rings. The highest BCUT2D eigenvalue weighted by atomic mass is 35.5. The molecule has 6 nitrogen and oxygen atoms in total. The molecule has 0 radical (unpaired) electrons. The van der Waals surface area contributed by atoms with Crippen molar-refractivity contribution in [2.45, 2.75) is 32.4 Å². The summed E-state index contributed by atoms with van der Waals surface area (Å²) < 4.78 is 0. The topological polar surface area (TPSA) is 75.5 Å². The number of benzene rings is 1. The summed E-state index contributed by atoms with van der Waals surface area (Å²) >= 11 is 6.02. The van der Waals surface area contributed by atoms with Gasteiger partial charge >= 0.3 is 0 Å². The molecule has 0 unspecified atom stereocenters. The molecule has 20 heavy (non-hydrogen) atoms. The highest BCUT2D eigenvalue weighted by Gasteiger charge is 2.31. The SMILES string of the molecule is CC(C)N1C[C@@H](Nc2ccc([N+](=O)[O-])cc2Cl)CC1=O. The maximum atomic E-state index is 11.8. The number of nitro groups is 1. The maximum Gasteiger partial charge on any atom is 0.271 e. The Morgan fingerprint density at radius 3 is 2.70 bits per heavy atom. The van der Waals surface area contributed by atoms with E-state index in [9.17, 15) is 14.9 Å². The van der Waals surface area contributed by atoms with Gasteiger partial charge in [-0.15, -0.1) is 0 Å². The molecule has 0 bridgehead atoms. The summed E-state index contributed by atoms with van der Waals surface area (Å²) in [7, 11) is 0. The third-order valence-electron chi connectivity index (χ3n) is 3.30. The normalized spacial score (nSPS) is 18.7. The molecule has 1 atom stereocenters. The van der Waals surface area contributed by atoms with Crippen LogP contribution in [-0.4, -0.2) is 34.4 Å². The van der Waals surface area contributed by atoms with Gasteiger partial charge in [-0.25, -0.2) is 0 Å². The zero-order chi connectivity index (χ0) is 14.9. The number of halogens is 1. The summed E-state index contributed by atoms with van der Waals surface area (Å²) in [6.45, 7) is 4.56. The quantitative estimate of drug-likeness (QED) is 0.685. The summed E-state index contributed by atoms with van der Waals surface area (Å²) in [5.41, 5.74) is 0.563. The van der Waals surface area contributed by atoms with E-state index in [0.717, 1.165) is 0 Å². The molecule has 1 N–H and O–H groups in total. The van der Waals surface area contributed by atoms with Crippen LogP contribution in [0, 0.1) is 10.1 Å².